The van der Waals surface area contributed by atoms with Gasteiger partial charge in [-0.25, -0.2) is 0 Å². The topological polar surface area (TPSA) is 79.3 Å². The molecule has 1 atom stereocenters. The summed E-state index contributed by atoms with van der Waals surface area (Å²) in [6.45, 7) is 0. The van der Waals surface area contributed by atoms with Gasteiger partial charge >= 0.3 is 0 Å². The molecule has 2 rings (SSSR count). The molecule has 1 aliphatic rings. The third-order valence-electron chi connectivity index (χ3n) is 4.01. The minimum Gasteiger partial charge on any atom is -0.504 e. The number of benzene rings is 1. The van der Waals surface area contributed by atoms with E-state index < -0.39 is 0 Å². The second-order valence-corrected chi connectivity index (χ2v) is 5.11. The molecule has 1 saturated carbocycles. The van der Waals surface area contributed by atoms with E-state index in [1.54, 1.807) is 12.1 Å². The Morgan fingerprint density at radius 1 is 1.35 bits per heavy atom. The van der Waals surface area contributed by atoms with Crippen LogP contribution in [0.2, 0.25) is 0 Å². The Balaban J connectivity index is 0.00000200. The van der Waals surface area contributed by atoms with Crippen LogP contribution in [-0.2, 0) is 0 Å². The molecule has 1 fully saturated rings. The van der Waals surface area contributed by atoms with Crippen LogP contribution in [0.4, 0.5) is 0 Å². The highest BCUT2D eigenvalue weighted by molar-refractivity contribution is 5.85. The molecule has 5 heteroatoms. The zero-order valence-corrected chi connectivity index (χ0v) is 12.4. The second-order valence-electron chi connectivity index (χ2n) is 5.11. The maximum Gasteiger partial charge on any atom is 0.163 e. The SMILES string of the molecule is COc1ccc(C#N)c([C@@H](N)C2CCCCC2)c1O.Cl. The molecule has 0 radical (unpaired) electrons. The van der Waals surface area contributed by atoms with Gasteiger partial charge < -0.3 is 15.6 Å². The van der Waals surface area contributed by atoms with Crippen molar-refractivity contribution >= 4 is 12.4 Å². The van der Waals surface area contributed by atoms with Crippen LogP contribution in [0.1, 0.15) is 49.3 Å². The number of nitriles is 1. The van der Waals surface area contributed by atoms with E-state index in [-0.39, 0.29) is 24.2 Å². The predicted octanol–water partition coefficient (Wildman–Crippen LogP) is 3.27. The van der Waals surface area contributed by atoms with Gasteiger partial charge in [-0.15, -0.1) is 12.4 Å². The highest BCUT2D eigenvalue weighted by Gasteiger charge is 2.27. The van der Waals surface area contributed by atoms with Crippen LogP contribution in [0.15, 0.2) is 12.1 Å². The number of nitrogens with two attached hydrogens (primary N) is 1. The van der Waals surface area contributed by atoms with Gasteiger partial charge in [0.25, 0.3) is 0 Å². The number of phenols is 1. The first-order chi connectivity index (χ1) is 9.19. The van der Waals surface area contributed by atoms with Gasteiger partial charge in [0.2, 0.25) is 0 Å². The van der Waals surface area contributed by atoms with Crippen LogP contribution in [0.3, 0.4) is 0 Å². The van der Waals surface area contributed by atoms with Crippen LogP contribution in [0.25, 0.3) is 0 Å². The Bertz CT molecular complexity index is 493. The number of halogens is 1. The minimum absolute atomic E-state index is 0. The van der Waals surface area contributed by atoms with Crippen LogP contribution in [-0.4, -0.2) is 12.2 Å². The van der Waals surface area contributed by atoms with Gasteiger partial charge in [-0.1, -0.05) is 19.3 Å². The van der Waals surface area contributed by atoms with E-state index in [1.807, 2.05) is 0 Å². The van der Waals surface area contributed by atoms with Gasteiger partial charge in [-0.2, -0.15) is 5.26 Å². The van der Waals surface area contributed by atoms with Crippen molar-refractivity contribution in [2.45, 2.75) is 38.1 Å². The molecule has 0 aliphatic heterocycles. The molecule has 0 bridgehead atoms. The fourth-order valence-corrected chi connectivity index (χ4v) is 2.92. The third kappa shape index (κ3) is 3.17. The Labute approximate surface area is 126 Å². The van der Waals surface area contributed by atoms with Crippen molar-refractivity contribution in [3.63, 3.8) is 0 Å². The summed E-state index contributed by atoms with van der Waals surface area (Å²) in [7, 11) is 1.50. The van der Waals surface area contributed by atoms with Gasteiger partial charge in [-0.05, 0) is 30.9 Å². The van der Waals surface area contributed by atoms with Gasteiger partial charge in [0.1, 0.15) is 0 Å². The average Bonchev–Trinajstić information content (AvgIpc) is 2.47. The molecular formula is C15H21ClN2O2. The van der Waals surface area contributed by atoms with Crippen LogP contribution in [0, 0.1) is 17.2 Å². The smallest absolute Gasteiger partial charge is 0.163 e. The van der Waals surface area contributed by atoms with E-state index in [4.69, 9.17) is 10.5 Å². The molecular weight excluding hydrogens is 276 g/mol. The van der Waals surface area contributed by atoms with E-state index in [0.29, 0.717) is 22.8 Å². The predicted molar refractivity (Wildman–Crippen MR) is 80.1 cm³/mol. The zero-order chi connectivity index (χ0) is 13.8. The molecule has 3 N–H and O–H groups in total. The highest BCUT2D eigenvalue weighted by Crippen LogP contribution is 2.41. The molecule has 0 spiro atoms. The van der Waals surface area contributed by atoms with Crippen molar-refractivity contribution in [1.29, 1.82) is 5.26 Å². The van der Waals surface area contributed by atoms with E-state index >= 15 is 0 Å². The van der Waals surface area contributed by atoms with E-state index in [9.17, 15) is 10.4 Å². The number of hydrogen-bond donors (Lipinski definition) is 2. The average molecular weight is 297 g/mol. The highest BCUT2D eigenvalue weighted by atomic mass is 35.5. The lowest BCUT2D eigenvalue weighted by atomic mass is 9.80. The molecule has 4 nitrogen and oxygen atoms in total. The Morgan fingerprint density at radius 3 is 2.55 bits per heavy atom. The maximum absolute atomic E-state index is 10.2. The number of ether oxygens (including phenoxy) is 1. The molecule has 0 unspecified atom stereocenters. The molecule has 1 aromatic carbocycles. The number of phenolic OH excluding ortho intramolecular Hbond substituents is 1. The number of hydrogen-bond acceptors (Lipinski definition) is 4. The summed E-state index contributed by atoms with van der Waals surface area (Å²) in [6.07, 6.45) is 5.71. The fraction of sp³-hybridized carbons (Fsp3) is 0.533. The first-order valence-electron chi connectivity index (χ1n) is 6.74. The summed E-state index contributed by atoms with van der Waals surface area (Å²) in [6, 6.07) is 5.08. The van der Waals surface area contributed by atoms with Gasteiger partial charge in [0, 0.05) is 11.6 Å². The maximum atomic E-state index is 10.2. The van der Waals surface area contributed by atoms with Crippen LogP contribution < -0.4 is 10.5 Å². The molecule has 0 heterocycles. The van der Waals surface area contributed by atoms with Crippen molar-refractivity contribution in [2.75, 3.05) is 7.11 Å². The molecule has 0 aromatic heterocycles. The van der Waals surface area contributed by atoms with Crippen molar-refractivity contribution < 1.29 is 9.84 Å². The Kier molecular flexibility index (Phi) is 6.12. The summed E-state index contributed by atoms with van der Waals surface area (Å²) in [5, 5.41) is 19.4. The quantitative estimate of drug-likeness (QED) is 0.897. The number of methoxy groups -OCH3 is 1. The largest absolute Gasteiger partial charge is 0.504 e. The fourth-order valence-electron chi connectivity index (χ4n) is 2.92. The summed E-state index contributed by atoms with van der Waals surface area (Å²) < 4.78 is 5.11. The van der Waals surface area contributed by atoms with Crippen molar-refractivity contribution in [2.24, 2.45) is 11.7 Å². The lowest BCUT2D eigenvalue weighted by Crippen LogP contribution is -2.24. The third-order valence-corrected chi connectivity index (χ3v) is 4.01. The zero-order valence-electron chi connectivity index (χ0n) is 11.6. The molecule has 1 aromatic rings. The second kappa shape index (κ2) is 7.37. The number of rotatable bonds is 3. The summed E-state index contributed by atoms with van der Waals surface area (Å²) in [4.78, 5) is 0. The summed E-state index contributed by atoms with van der Waals surface area (Å²) >= 11 is 0. The van der Waals surface area contributed by atoms with Gasteiger partial charge in [-0.3, -0.25) is 0 Å². The van der Waals surface area contributed by atoms with Crippen molar-refractivity contribution in [3.05, 3.63) is 23.3 Å². The minimum atomic E-state index is -0.301. The van der Waals surface area contributed by atoms with Gasteiger partial charge in [0.15, 0.2) is 11.5 Å². The molecule has 0 saturated heterocycles. The standard InChI is InChI=1S/C15H20N2O2.ClH/c1-19-12-8-7-11(9-16)13(15(12)18)14(17)10-5-3-2-4-6-10;/h7-8,10,14,18H,2-6,17H2,1H3;1H/t14-;/m0./s1. The lowest BCUT2D eigenvalue weighted by Gasteiger charge is -2.29. The Hall–Kier alpha value is -1.44. The molecule has 110 valence electrons. The Morgan fingerprint density at radius 2 is 2.00 bits per heavy atom. The van der Waals surface area contributed by atoms with E-state index in [2.05, 4.69) is 6.07 Å². The van der Waals surface area contributed by atoms with E-state index in [1.165, 1.54) is 26.4 Å². The summed E-state index contributed by atoms with van der Waals surface area (Å²) in [5.41, 5.74) is 7.28. The van der Waals surface area contributed by atoms with Crippen LogP contribution >= 0.6 is 12.4 Å². The first kappa shape index (κ1) is 16.6. The summed E-state index contributed by atoms with van der Waals surface area (Å²) in [5.74, 6) is 0.721. The number of aromatic hydroxyl groups is 1. The van der Waals surface area contributed by atoms with Gasteiger partial charge in [0.05, 0.1) is 18.7 Å². The molecule has 1 aliphatic carbocycles. The molecule has 0 amide bonds. The number of nitrogens with zero attached hydrogens (tertiary/aromatic N) is 1. The van der Waals surface area contributed by atoms with E-state index in [0.717, 1.165) is 12.8 Å². The monoisotopic (exact) mass is 296 g/mol. The van der Waals surface area contributed by atoms with Crippen LogP contribution in [0.5, 0.6) is 11.5 Å². The normalized spacial score (nSPS) is 16.9. The van der Waals surface area contributed by atoms with Crippen molar-refractivity contribution in [3.8, 4) is 17.6 Å². The lowest BCUT2D eigenvalue weighted by molar-refractivity contribution is 0.299. The molecule has 20 heavy (non-hydrogen) atoms. The van der Waals surface area contributed by atoms with Crippen molar-refractivity contribution in [1.82, 2.24) is 0 Å². The first-order valence-corrected chi connectivity index (χ1v) is 6.74.